The lowest BCUT2D eigenvalue weighted by Gasteiger charge is -2.24. The number of halogens is 2. The molecule has 31 heavy (non-hydrogen) atoms. The zero-order valence-corrected chi connectivity index (χ0v) is 19.9. The Balaban J connectivity index is 2.31. The molecule has 2 amide bonds. The van der Waals surface area contributed by atoms with Gasteiger partial charge < -0.3 is 24.5 Å². The number of alkyl carbamates (subject to hydrolysis) is 1. The molecule has 0 aliphatic rings. The zero-order chi connectivity index (χ0) is 23.3. The maximum atomic E-state index is 13.0. The summed E-state index contributed by atoms with van der Waals surface area (Å²) >= 11 is 12.9. The normalized spacial score (nSPS) is 12.4. The minimum atomic E-state index is -0.859. The van der Waals surface area contributed by atoms with Crippen molar-refractivity contribution in [2.24, 2.45) is 5.92 Å². The molecule has 1 heterocycles. The largest absolute Gasteiger partial charge is 0.494 e. The Bertz CT molecular complexity index is 924. The highest BCUT2D eigenvalue weighted by Gasteiger charge is 2.28. The summed E-state index contributed by atoms with van der Waals surface area (Å²) in [6.45, 7) is 9.10. The summed E-state index contributed by atoms with van der Waals surface area (Å²) < 4.78 is 16.0. The van der Waals surface area contributed by atoms with Crippen molar-refractivity contribution in [3.8, 4) is 17.1 Å². The number of hydrogen-bond donors (Lipinski definition) is 2. The van der Waals surface area contributed by atoms with Gasteiger partial charge in [-0.2, -0.15) is 0 Å². The quantitative estimate of drug-likeness (QED) is 0.549. The van der Waals surface area contributed by atoms with E-state index in [-0.39, 0.29) is 27.4 Å². The molecule has 0 aliphatic heterocycles. The van der Waals surface area contributed by atoms with Gasteiger partial charge in [0.15, 0.2) is 17.9 Å². The van der Waals surface area contributed by atoms with Gasteiger partial charge in [-0.1, -0.05) is 37.0 Å². The summed E-state index contributed by atoms with van der Waals surface area (Å²) in [5, 5.41) is 5.58. The molecule has 1 aromatic carbocycles. The van der Waals surface area contributed by atoms with Gasteiger partial charge in [0.1, 0.15) is 16.7 Å². The smallest absolute Gasteiger partial charge is 0.408 e. The maximum Gasteiger partial charge on any atom is 0.408 e. The molecular formula is C21H27Cl2N3O5. The molecule has 170 valence electrons. The first-order valence-electron chi connectivity index (χ1n) is 9.68. The molecule has 0 spiro atoms. The predicted molar refractivity (Wildman–Crippen MR) is 120 cm³/mol. The van der Waals surface area contributed by atoms with Crippen LogP contribution >= 0.6 is 23.2 Å². The van der Waals surface area contributed by atoms with Crippen molar-refractivity contribution < 1.29 is 23.5 Å². The maximum absolute atomic E-state index is 13.0. The van der Waals surface area contributed by atoms with E-state index in [0.717, 1.165) is 0 Å². The van der Waals surface area contributed by atoms with Crippen LogP contribution in [0.25, 0.3) is 11.3 Å². The van der Waals surface area contributed by atoms with E-state index in [1.165, 1.54) is 19.7 Å². The van der Waals surface area contributed by atoms with Crippen LogP contribution < -0.4 is 15.4 Å². The number of benzene rings is 1. The van der Waals surface area contributed by atoms with Gasteiger partial charge in [0.25, 0.3) is 0 Å². The Hall–Kier alpha value is -2.45. The second-order valence-electron chi connectivity index (χ2n) is 8.31. The van der Waals surface area contributed by atoms with Crippen molar-refractivity contribution in [1.82, 2.24) is 10.3 Å². The van der Waals surface area contributed by atoms with E-state index >= 15 is 0 Å². The zero-order valence-electron chi connectivity index (χ0n) is 18.3. The Morgan fingerprint density at radius 3 is 2.45 bits per heavy atom. The van der Waals surface area contributed by atoms with Crippen LogP contribution in [0.15, 0.2) is 23.1 Å². The van der Waals surface area contributed by atoms with Crippen LogP contribution in [-0.2, 0) is 9.53 Å². The number of nitrogens with one attached hydrogen (secondary N) is 2. The van der Waals surface area contributed by atoms with Gasteiger partial charge in [0, 0.05) is 0 Å². The minimum absolute atomic E-state index is 0.0929. The van der Waals surface area contributed by atoms with Gasteiger partial charge in [0.05, 0.1) is 29.6 Å². The third-order valence-corrected chi connectivity index (χ3v) is 4.70. The summed E-state index contributed by atoms with van der Waals surface area (Å²) in [7, 11) is 1.44. The SMILES string of the molecule is COc1c(-c2cnco2)cc(Cl)c(NC(=O)[C@@H](CC(C)C)NC(=O)OC(C)(C)C)c1Cl. The fourth-order valence-corrected chi connectivity index (χ4v) is 3.44. The summed E-state index contributed by atoms with van der Waals surface area (Å²) in [4.78, 5) is 29.1. The number of hydrogen-bond acceptors (Lipinski definition) is 6. The number of nitrogens with zero attached hydrogens (tertiary/aromatic N) is 1. The molecule has 10 heteroatoms. The van der Waals surface area contributed by atoms with Crippen LogP contribution in [0.5, 0.6) is 5.75 Å². The number of ether oxygens (including phenoxy) is 2. The third kappa shape index (κ3) is 6.77. The highest BCUT2D eigenvalue weighted by Crippen LogP contribution is 2.45. The Kier molecular flexibility index (Phi) is 8.20. The van der Waals surface area contributed by atoms with Gasteiger partial charge in [-0.25, -0.2) is 9.78 Å². The van der Waals surface area contributed by atoms with Crippen LogP contribution in [0.1, 0.15) is 41.0 Å². The first kappa shape index (κ1) is 24.8. The molecule has 2 rings (SSSR count). The third-order valence-electron chi connectivity index (χ3n) is 4.04. The molecule has 0 fully saturated rings. The standard InChI is InChI=1S/C21H27Cl2N3O5/c1-11(2)7-14(25-20(28)31-21(3,4)5)19(27)26-17-13(22)8-12(15-9-24-10-30-15)18(29-6)16(17)23/h8-11,14H,7H2,1-6H3,(H,25,28)(H,26,27)/t14-/m1/s1. The van der Waals surface area contributed by atoms with Crippen LogP contribution in [-0.4, -0.2) is 35.7 Å². The topological polar surface area (TPSA) is 103 Å². The lowest BCUT2D eigenvalue weighted by molar-refractivity contribution is -0.118. The molecule has 1 atom stereocenters. The molecule has 1 aromatic heterocycles. The van der Waals surface area contributed by atoms with Crippen LogP contribution in [0.2, 0.25) is 10.0 Å². The number of oxazole rings is 1. The van der Waals surface area contributed by atoms with Crippen LogP contribution in [0.3, 0.4) is 0 Å². The fourth-order valence-electron chi connectivity index (χ4n) is 2.81. The second kappa shape index (κ2) is 10.2. The Labute approximate surface area is 191 Å². The highest BCUT2D eigenvalue weighted by molar-refractivity contribution is 6.41. The van der Waals surface area contributed by atoms with Gasteiger partial charge in [-0.3, -0.25) is 4.79 Å². The van der Waals surface area contributed by atoms with E-state index < -0.39 is 23.6 Å². The molecule has 0 radical (unpaired) electrons. The average Bonchev–Trinajstić information content (AvgIpc) is 3.16. The van der Waals surface area contributed by atoms with E-state index in [4.69, 9.17) is 37.1 Å². The van der Waals surface area contributed by atoms with Crippen molar-refractivity contribution in [2.45, 2.75) is 52.7 Å². The number of carbonyl (C=O) groups excluding carboxylic acids is 2. The Morgan fingerprint density at radius 2 is 1.94 bits per heavy atom. The molecular weight excluding hydrogens is 445 g/mol. The van der Waals surface area contributed by atoms with Crippen molar-refractivity contribution in [2.75, 3.05) is 12.4 Å². The van der Waals surface area contributed by atoms with Crippen molar-refractivity contribution >= 4 is 40.9 Å². The van der Waals surface area contributed by atoms with Crippen LogP contribution in [0.4, 0.5) is 10.5 Å². The molecule has 0 aliphatic carbocycles. The molecule has 0 unspecified atom stereocenters. The van der Waals surface area contributed by atoms with Gasteiger partial charge in [0.2, 0.25) is 5.91 Å². The summed E-state index contributed by atoms with van der Waals surface area (Å²) in [6.07, 6.45) is 2.45. The van der Waals surface area contributed by atoms with E-state index in [9.17, 15) is 9.59 Å². The van der Waals surface area contributed by atoms with Gasteiger partial charge >= 0.3 is 6.09 Å². The number of anilines is 1. The molecule has 0 bridgehead atoms. The fraction of sp³-hybridized carbons (Fsp3) is 0.476. The number of methoxy groups -OCH3 is 1. The number of carbonyl (C=O) groups is 2. The number of rotatable bonds is 7. The first-order chi connectivity index (χ1) is 14.4. The highest BCUT2D eigenvalue weighted by atomic mass is 35.5. The molecule has 0 saturated heterocycles. The number of amides is 2. The van der Waals surface area contributed by atoms with Crippen molar-refractivity contribution in [3.63, 3.8) is 0 Å². The van der Waals surface area contributed by atoms with Gasteiger partial charge in [-0.15, -0.1) is 0 Å². The summed E-state index contributed by atoms with van der Waals surface area (Å²) in [6, 6.07) is 0.697. The van der Waals surface area contributed by atoms with Crippen molar-refractivity contribution in [1.29, 1.82) is 0 Å². The molecule has 8 nitrogen and oxygen atoms in total. The molecule has 2 N–H and O–H groups in total. The predicted octanol–water partition coefficient (Wildman–Crippen LogP) is 5.53. The van der Waals surface area contributed by atoms with Gasteiger partial charge in [-0.05, 0) is 39.2 Å². The Morgan fingerprint density at radius 1 is 1.26 bits per heavy atom. The number of aromatic nitrogens is 1. The summed E-state index contributed by atoms with van der Waals surface area (Å²) in [5.74, 6) is 0.305. The average molecular weight is 472 g/mol. The lowest BCUT2D eigenvalue weighted by atomic mass is 10.0. The molecule has 2 aromatic rings. The van der Waals surface area contributed by atoms with Crippen molar-refractivity contribution in [3.05, 3.63) is 28.7 Å². The summed E-state index contributed by atoms with van der Waals surface area (Å²) in [5.41, 5.74) is -0.0498. The molecule has 0 saturated carbocycles. The lowest BCUT2D eigenvalue weighted by Crippen LogP contribution is -2.46. The first-order valence-corrected chi connectivity index (χ1v) is 10.4. The minimum Gasteiger partial charge on any atom is -0.494 e. The van der Waals surface area contributed by atoms with E-state index in [1.807, 2.05) is 13.8 Å². The van der Waals surface area contributed by atoms with E-state index in [1.54, 1.807) is 26.8 Å². The van der Waals surface area contributed by atoms with E-state index in [0.29, 0.717) is 17.7 Å². The monoisotopic (exact) mass is 471 g/mol. The van der Waals surface area contributed by atoms with Crippen LogP contribution in [0, 0.1) is 5.92 Å². The van der Waals surface area contributed by atoms with E-state index in [2.05, 4.69) is 15.6 Å². The second-order valence-corrected chi connectivity index (χ2v) is 9.10.